The molecule has 4 nitrogen and oxygen atoms in total. The monoisotopic (exact) mass is 269 g/mol. The van der Waals surface area contributed by atoms with Crippen LogP contribution in [-0.4, -0.2) is 17.4 Å². The van der Waals surface area contributed by atoms with Gasteiger partial charge in [-0.2, -0.15) is 0 Å². The van der Waals surface area contributed by atoms with Gasteiger partial charge in [-0.25, -0.2) is 0 Å². The summed E-state index contributed by atoms with van der Waals surface area (Å²) in [5.41, 5.74) is 7.71. The minimum absolute atomic E-state index is 0.0528. The van der Waals surface area contributed by atoms with E-state index in [4.69, 9.17) is 5.73 Å². The lowest BCUT2D eigenvalue weighted by Crippen LogP contribution is -2.35. The summed E-state index contributed by atoms with van der Waals surface area (Å²) in [4.78, 5) is 16.3. The van der Waals surface area contributed by atoms with Crippen molar-refractivity contribution in [1.29, 1.82) is 0 Å². The molecule has 1 aromatic heterocycles. The van der Waals surface area contributed by atoms with Crippen molar-refractivity contribution in [1.82, 2.24) is 10.3 Å². The van der Waals surface area contributed by atoms with Crippen LogP contribution in [0.1, 0.15) is 30.0 Å². The molecule has 1 unspecified atom stereocenters. The largest absolute Gasteiger partial charge is 0.349 e. The van der Waals surface area contributed by atoms with Crippen LogP contribution in [0.4, 0.5) is 0 Å². The Morgan fingerprint density at radius 1 is 1.15 bits per heavy atom. The van der Waals surface area contributed by atoms with Gasteiger partial charge in [0.05, 0.1) is 12.0 Å². The average Bonchev–Trinajstić information content (AvgIpc) is 2.50. The number of aromatic nitrogens is 1. The Morgan fingerprint density at radius 3 is 2.40 bits per heavy atom. The number of nitrogens with zero attached hydrogens (tertiary/aromatic N) is 1. The lowest BCUT2D eigenvalue weighted by molar-refractivity contribution is -0.123. The van der Waals surface area contributed by atoms with Crippen LogP contribution >= 0.6 is 0 Å². The molecule has 2 aromatic rings. The Morgan fingerprint density at radius 2 is 1.80 bits per heavy atom. The van der Waals surface area contributed by atoms with E-state index < -0.39 is 0 Å². The van der Waals surface area contributed by atoms with E-state index in [1.165, 1.54) is 0 Å². The van der Waals surface area contributed by atoms with Gasteiger partial charge in [0.25, 0.3) is 0 Å². The SMILES string of the molecule is C[C@@H](NC(=O)C(CN)c1ccccc1)c1ccncc1. The maximum atomic E-state index is 12.4. The van der Waals surface area contributed by atoms with Crippen LogP contribution in [0.2, 0.25) is 0 Å². The second-order valence-electron chi connectivity index (χ2n) is 4.71. The number of carbonyl (C=O) groups excluding carboxylic acids is 1. The Bertz CT molecular complexity index is 542. The standard InChI is InChI=1S/C16H19N3O/c1-12(13-7-9-18-10-8-13)19-16(20)15(11-17)14-5-3-2-4-6-14/h2-10,12,15H,11,17H2,1H3,(H,19,20)/t12-,15?/m1/s1. The number of hydrogen-bond acceptors (Lipinski definition) is 3. The lowest BCUT2D eigenvalue weighted by atomic mass is 9.97. The summed E-state index contributed by atoms with van der Waals surface area (Å²) in [6.45, 7) is 2.24. The van der Waals surface area contributed by atoms with E-state index in [2.05, 4.69) is 10.3 Å². The van der Waals surface area contributed by atoms with Crippen LogP contribution < -0.4 is 11.1 Å². The third kappa shape index (κ3) is 3.42. The number of pyridine rings is 1. The number of amides is 1. The van der Waals surface area contributed by atoms with Crippen molar-refractivity contribution in [2.24, 2.45) is 5.73 Å². The molecule has 104 valence electrons. The smallest absolute Gasteiger partial charge is 0.229 e. The highest BCUT2D eigenvalue weighted by Crippen LogP contribution is 2.17. The molecule has 1 heterocycles. The molecule has 0 aliphatic rings. The van der Waals surface area contributed by atoms with Gasteiger partial charge in [-0.1, -0.05) is 30.3 Å². The molecule has 1 aromatic carbocycles. The van der Waals surface area contributed by atoms with E-state index in [0.717, 1.165) is 11.1 Å². The van der Waals surface area contributed by atoms with Gasteiger partial charge in [-0.3, -0.25) is 9.78 Å². The molecular formula is C16H19N3O. The molecule has 0 spiro atoms. The number of carbonyl (C=O) groups is 1. The zero-order valence-corrected chi connectivity index (χ0v) is 11.5. The van der Waals surface area contributed by atoms with Gasteiger partial charge in [0.1, 0.15) is 0 Å². The predicted molar refractivity (Wildman–Crippen MR) is 79.0 cm³/mol. The maximum Gasteiger partial charge on any atom is 0.229 e. The minimum atomic E-state index is -0.319. The zero-order valence-electron chi connectivity index (χ0n) is 11.5. The van der Waals surface area contributed by atoms with E-state index in [9.17, 15) is 4.79 Å². The minimum Gasteiger partial charge on any atom is -0.349 e. The van der Waals surface area contributed by atoms with Crippen LogP contribution in [0.25, 0.3) is 0 Å². The molecule has 20 heavy (non-hydrogen) atoms. The van der Waals surface area contributed by atoms with Crippen LogP contribution in [0.3, 0.4) is 0 Å². The van der Waals surface area contributed by atoms with Gasteiger partial charge in [0.2, 0.25) is 5.91 Å². The predicted octanol–water partition coefficient (Wildman–Crippen LogP) is 2.00. The second-order valence-corrected chi connectivity index (χ2v) is 4.71. The molecule has 0 aliphatic heterocycles. The molecule has 1 amide bonds. The normalized spacial score (nSPS) is 13.5. The summed E-state index contributed by atoms with van der Waals surface area (Å²) in [7, 11) is 0. The number of nitrogens with one attached hydrogen (secondary N) is 1. The van der Waals surface area contributed by atoms with E-state index >= 15 is 0 Å². The van der Waals surface area contributed by atoms with Crippen molar-refractivity contribution >= 4 is 5.91 Å². The van der Waals surface area contributed by atoms with Crippen LogP contribution in [0, 0.1) is 0 Å². The number of nitrogens with two attached hydrogens (primary N) is 1. The quantitative estimate of drug-likeness (QED) is 0.872. The van der Waals surface area contributed by atoms with E-state index in [0.29, 0.717) is 6.54 Å². The third-order valence-electron chi connectivity index (χ3n) is 3.32. The molecule has 0 bridgehead atoms. The molecule has 0 radical (unpaired) electrons. The second kappa shape index (κ2) is 6.82. The van der Waals surface area contributed by atoms with Crippen molar-refractivity contribution in [3.63, 3.8) is 0 Å². The van der Waals surface area contributed by atoms with Crippen molar-refractivity contribution in [3.05, 3.63) is 66.0 Å². The van der Waals surface area contributed by atoms with Crippen LogP contribution in [0.15, 0.2) is 54.9 Å². The summed E-state index contributed by atoms with van der Waals surface area (Å²) in [6.07, 6.45) is 3.44. The molecule has 3 N–H and O–H groups in total. The van der Waals surface area contributed by atoms with Gasteiger partial charge in [0, 0.05) is 18.9 Å². The summed E-state index contributed by atoms with van der Waals surface area (Å²) in [6, 6.07) is 13.3. The van der Waals surface area contributed by atoms with Gasteiger partial charge in [-0.05, 0) is 30.2 Å². The summed E-state index contributed by atoms with van der Waals surface area (Å²) in [5.74, 6) is -0.372. The fourth-order valence-corrected chi connectivity index (χ4v) is 2.13. The van der Waals surface area contributed by atoms with Gasteiger partial charge >= 0.3 is 0 Å². The number of benzene rings is 1. The van der Waals surface area contributed by atoms with Gasteiger partial charge in [0.15, 0.2) is 0 Å². The molecule has 2 atom stereocenters. The first kappa shape index (κ1) is 14.2. The first-order valence-corrected chi connectivity index (χ1v) is 6.67. The van der Waals surface area contributed by atoms with Gasteiger partial charge in [-0.15, -0.1) is 0 Å². The Labute approximate surface area is 119 Å². The van der Waals surface area contributed by atoms with Crippen LogP contribution in [0.5, 0.6) is 0 Å². The fourth-order valence-electron chi connectivity index (χ4n) is 2.13. The lowest BCUT2D eigenvalue weighted by Gasteiger charge is -2.19. The molecule has 0 saturated carbocycles. The molecule has 0 saturated heterocycles. The zero-order chi connectivity index (χ0) is 14.4. The molecule has 0 fully saturated rings. The van der Waals surface area contributed by atoms with Crippen molar-refractivity contribution < 1.29 is 4.79 Å². The fraction of sp³-hybridized carbons (Fsp3) is 0.250. The number of hydrogen-bond donors (Lipinski definition) is 2. The molecule has 4 heteroatoms. The van der Waals surface area contributed by atoms with Crippen LogP contribution in [-0.2, 0) is 4.79 Å². The highest BCUT2D eigenvalue weighted by Gasteiger charge is 2.20. The summed E-state index contributed by atoms with van der Waals surface area (Å²) in [5, 5.41) is 3.00. The topological polar surface area (TPSA) is 68.0 Å². The first-order valence-electron chi connectivity index (χ1n) is 6.67. The van der Waals surface area contributed by atoms with E-state index in [1.54, 1.807) is 12.4 Å². The van der Waals surface area contributed by atoms with E-state index in [-0.39, 0.29) is 17.9 Å². The molecule has 0 aliphatic carbocycles. The maximum absolute atomic E-state index is 12.4. The Kier molecular flexibility index (Phi) is 4.85. The Balaban J connectivity index is 2.07. The number of rotatable bonds is 5. The van der Waals surface area contributed by atoms with Crippen molar-refractivity contribution in [3.8, 4) is 0 Å². The van der Waals surface area contributed by atoms with Crippen molar-refractivity contribution in [2.45, 2.75) is 18.9 Å². The van der Waals surface area contributed by atoms with Gasteiger partial charge < -0.3 is 11.1 Å². The highest BCUT2D eigenvalue weighted by atomic mass is 16.1. The highest BCUT2D eigenvalue weighted by molar-refractivity contribution is 5.84. The first-order chi connectivity index (χ1) is 9.72. The third-order valence-corrected chi connectivity index (χ3v) is 3.32. The van der Waals surface area contributed by atoms with Crippen molar-refractivity contribution in [2.75, 3.05) is 6.54 Å². The summed E-state index contributed by atoms with van der Waals surface area (Å²) < 4.78 is 0. The Hall–Kier alpha value is -2.20. The summed E-state index contributed by atoms with van der Waals surface area (Å²) >= 11 is 0. The van der Waals surface area contributed by atoms with E-state index in [1.807, 2.05) is 49.4 Å². The molecular weight excluding hydrogens is 250 g/mol. The molecule has 2 rings (SSSR count). The average molecular weight is 269 g/mol.